The molecular weight excluding hydrogens is 194 g/mol. The number of thioether (sulfide) groups is 1. The quantitative estimate of drug-likeness (QED) is 0.751. The Morgan fingerprint density at radius 1 is 1.50 bits per heavy atom. The van der Waals surface area contributed by atoms with E-state index in [9.17, 15) is 0 Å². The zero-order valence-corrected chi connectivity index (χ0v) is 9.77. The molecule has 78 valence electrons. The van der Waals surface area contributed by atoms with Gasteiger partial charge in [0.15, 0.2) is 0 Å². The summed E-state index contributed by atoms with van der Waals surface area (Å²) in [5, 5.41) is 3.03. The van der Waals surface area contributed by atoms with Gasteiger partial charge in [0, 0.05) is 30.4 Å². The van der Waals surface area contributed by atoms with Crippen LogP contribution in [-0.4, -0.2) is 43.3 Å². The Bertz CT molecular complexity index is 276. The number of hydrogen-bond acceptors (Lipinski definition) is 4. The van der Waals surface area contributed by atoms with Crippen LogP contribution in [0.2, 0.25) is 0 Å². The van der Waals surface area contributed by atoms with E-state index in [2.05, 4.69) is 35.4 Å². The second kappa shape index (κ2) is 5.88. The van der Waals surface area contributed by atoms with Crippen LogP contribution < -0.4 is 5.32 Å². The molecule has 1 aromatic heterocycles. The van der Waals surface area contributed by atoms with Gasteiger partial charge in [-0.3, -0.25) is 0 Å². The van der Waals surface area contributed by atoms with E-state index in [-0.39, 0.29) is 0 Å². The van der Waals surface area contributed by atoms with E-state index in [1.165, 1.54) is 4.90 Å². The predicted octanol–water partition coefficient (Wildman–Crippen LogP) is 1.78. The van der Waals surface area contributed by atoms with Crippen molar-refractivity contribution in [2.45, 2.75) is 4.90 Å². The summed E-state index contributed by atoms with van der Waals surface area (Å²) in [6.45, 7) is 1.10. The fourth-order valence-electron chi connectivity index (χ4n) is 0.984. The highest BCUT2D eigenvalue weighted by atomic mass is 32.2. The molecule has 0 aromatic carbocycles. The monoisotopic (exact) mass is 211 g/mol. The Labute approximate surface area is 89.9 Å². The molecule has 0 unspecified atom stereocenters. The maximum absolute atomic E-state index is 4.17. The molecule has 0 saturated heterocycles. The van der Waals surface area contributed by atoms with Gasteiger partial charge in [-0.15, -0.1) is 11.8 Å². The van der Waals surface area contributed by atoms with Gasteiger partial charge in [0.2, 0.25) is 0 Å². The van der Waals surface area contributed by atoms with Crippen molar-refractivity contribution >= 4 is 17.6 Å². The first-order valence-corrected chi connectivity index (χ1v) is 5.62. The second-order valence-electron chi connectivity index (χ2n) is 3.28. The van der Waals surface area contributed by atoms with Crippen molar-refractivity contribution < 1.29 is 0 Å². The van der Waals surface area contributed by atoms with Crippen LogP contribution in [0.1, 0.15) is 0 Å². The average molecular weight is 211 g/mol. The fourth-order valence-corrected chi connectivity index (χ4v) is 2.03. The largest absolute Gasteiger partial charge is 0.373 e. The van der Waals surface area contributed by atoms with Crippen LogP contribution in [0.5, 0.6) is 0 Å². The standard InChI is InChI=1S/C10H17N3S/c1-11-10-8-9(4-5-12-10)14-7-6-13(2)3/h4-5,8H,6-7H2,1-3H3,(H,11,12). The zero-order chi connectivity index (χ0) is 10.4. The minimum absolute atomic E-state index is 0.930. The molecule has 0 aliphatic rings. The van der Waals surface area contributed by atoms with E-state index in [4.69, 9.17) is 0 Å². The van der Waals surface area contributed by atoms with Crippen LogP contribution in [0.25, 0.3) is 0 Å². The molecule has 0 aliphatic heterocycles. The molecule has 14 heavy (non-hydrogen) atoms. The van der Waals surface area contributed by atoms with E-state index in [1.807, 2.05) is 31.1 Å². The molecule has 0 aliphatic carbocycles. The SMILES string of the molecule is CNc1cc(SCCN(C)C)ccn1. The van der Waals surface area contributed by atoms with Crippen molar-refractivity contribution in [3.8, 4) is 0 Å². The lowest BCUT2D eigenvalue weighted by atomic mass is 10.5. The molecular formula is C10H17N3S. The molecule has 0 fully saturated rings. The van der Waals surface area contributed by atoms with Gasteiger partial charge >= 0.3 is 0 Å². The lowest BCUT2D eigenvalue weighted by molar-refractivity contribution is 0.437. The molecule has 0 amide bonds. The highest BCUT2D eigenvalue weighted by Gasteiger charge is 1.96. The summed E-state index contributed by atoms with van der Waals surface area (Å²) >= 11 is 1.86. The Hall–Kier alpha value is -0.740. The van der Waals surface area contributed by atoms with Gasteiger partial charge < -0.3 is 10.2 Å². The highest BCUT2D eigenvalue weighted by Crippen LogP contribution is 2.19. The summed E-state index contributed by atoms with van der Waals surface area (Å²) in [6, 6.07) is 4.11. The fraction of sp³-hybridized carbons (Fsp3) is 0.500. The number of nitrogens with zero attached hydrogens (tertiary/aromatic N) is 2. The molecule has 1 rings (SSSR count). The molecule has 0 bridgehead atoms. The van der Waals surface area contributed by atoms with Gasteiger partial charge in [-0.05, 0) is 26.2 Å². The molecule has 1 heterocycles. The van der Waals surface area contributed by atoms with E-state index >= 15 is 0 Å². The second-order valence-corrected chi connectivity index (χ2v) is 4.45. The first-order valence-electron chi connectivity index (χ1n) is 4.63. The number of pyridine rings is 1. The average Bonchev–Trinajstić information content (AvgIpc) is 2.18. The van der Waals surface area contributed by atoms with Crippen molar-refractivity contribution in [2.75, 3.05) is 38.8 Å². The molecule has 1 N–H and O–H groups in total. The first-order chi connectivity index (χ1) is 6.72. The van der Waals surface area contributed by atoms with Crippen LogP contribution >= 0.6 is 11.8 Å². The predicted molar refractivity (Wildman–Crippen MR) is 63.1 cm³/mol. The zero-order valence-electron chi connectivity index (χ0n) is 8.95. The van der Waals surface area contributed by atoms with Crippen molar-refractivity contribution in [1.29, 1.82) is 0 Å². The van der Waals surface area contributed by atoms with Crippen LogP contribution in [0.3, 0.4) is 0 Å². The Morgan fingerprint density at radius 2 is 2.29 bits per heavy atom. The molecule has 1 aromatic rings. The third kappa shape index (κ3) is 3.98. The third-order valence-electron chi connectivity index (χ3n) is 1.79. The number of anilines is 1. The van der Waals surface area contributed by atoms with E-state index < -0.39 is 0 Å². The van der Waals surface area contributed by atoms with Gasteiger partial charge in [-0.25, -0.2) is 4.98 Å². The van der Waals surface area contributed by atoms with E-state index in [1.54, 1.807) is 0 Å². The summed E-state index contributed by atoms with van der Waals surface area (Å²) in [6.07, 6.45) is 1.84. The minimum Gasteiger partial charge on any atom is -0.373 e. The molecule has 4 heteroatoms. The summed E-state index contributed by atoms with van der Waals surface area (Å²) in [5.74, 6) is 2.04. The molecule has 3 nitrogen and oxygen atoms in total. The molecule has 0 spiro atoms. The van der Waals surface area contributed by atoms with Crippen LogP contribution in [-0.2, 0) is 0 Å². The molecule has 0 saturated carbocycles. The minimum atomic E-state index is 0.930. The van der Waals surface area contributed by atoms with Gasteiger partial charge in [-0.2, -0.15) is 0 Å². The number of nitrogens with one attached hydrogen (secondary N) is 1. The first kappa shape index (κ1) is 11.3. The highest BCUT2D eigenvalue weighted by molar-refractivity contribution is 7.99. The number of hydrogen-bond donors (Lipinski definition) is 1. The van der Waals surface area contributed by atoms with E-state index in [0.717, 1.165) is 18.1 Å². The maximum atomic E-state index is 4.17. The molecule has 0 radical (unpaired) electrons. The summed E-state index contributed by atoms with van der Waals surface area (Å²) < 4.78 is 0. The van der Waals surface area contributed by atoms with E-state index in [0.29, 0.717) is 0 Å². The van der Waals surface area contributed by atoms with Crippen molar-refractivity contribution in [2.24, 2.45) is 0 Å². The Kier molecular flexibility index (Phi) is 4.76. The van der Waals surface area contributed by atoms with Crippen molar-refractivity contribution in [3.05, 3.63) is 18.3 Å². The Morgan fingerprint density at radius 3 is 2.93 bits per heavy atom. The lowest BCUT2D eigenvalue weighted by Gasteiger charge is -2.08. The van der Waals surface area contributed by atoms with Crippen LogP contribution in [0.4, 0.5) is 5.82 Å². The topological polar surface area (TPSA) is 28.2 Å². The molecule has 0 atom stereocenters. The van der Waals surface area contributed by atoms with Gasteiger partial charge in [0.1, 0.15) is 5.82 Å². The van der Waals surface area contributed by atoms with Crippen LogP contribution in [0, 0.1) is 0 Å². The van der Waals surface area contributed by atoms with Crippen LogP contribution in [0.15, 0.2) is 23.2 Å². The maximum Gasteiger partial charge on any atom is 0.126 e. The Balaban J connectivity index is 2.42. The van der Waals surface area contributed by atoms with Crippen molar-refractivity contribution in [3.63, 3.8) is 0 Å². The normalized spacial score (nSPS) is 10.6. The number of rotatable bonds is 5. The van der Waals surface area contributed by atoms with Gasteiger partial charge in [0.05, 0.1) is 0 Å². The summed E-state index contributed by atoms with van der Waals surface area (Å²) in [4.78, 5) is 7.62. The summed E-state index contributed by atoms with van der Waals surface area (Å²) in [7, 11) is 6.06. The summed E-state index contributed by atoms with van der Waals surface area (Å²) in [5.41, 5.74) is 0. The lowest BCUT2D eigenvalue weighted by Crippen LogP contribution is -2.14. The smallest absolute Gasteiger partial charge is 0.126 e. The number of aromatic nitrogens is 1. The third-order valence-corrected chi connectivity index (χ3v) is 2.77. The van der Waals surface area contributed by atoms with Gasteiger partial charge in [-0.1, -0.05) is 0 Å². The van der Waals surface area contributed by atoms with Crippen molar-refractivity contribution in [1.82, 2.24) is 9.88 Å². The van der Waals surface area contributed by atoms with Gasteiger partial charge in [0.25, 0.3) is 0 Å².